The molecule has 0 atom stereocenters. The average molecular weight is 304 g/mol. The van der Waals surface area contributed by atoms with Crippen molar-refractivity contribution in [2.45, 2.75) is 0 Å². The highest BCUT2D eigenvalue weighted by Crippen LogP contribution is 2.26. The highest BCUT2D eigenvalue weighted by molar-refractivity contribution is 5.89. The van der Waals surface area contributed by atoms with Gasteiger partial charge in [-0.15, -0.1) is 0 Å². The van der Waals surface area contributed by atoms with Gasteiger partial charge in [-0.2, -0.15) is 0 Å². The van der Waals surface area contributed by atoms with Crippen LogP contribution in [0.3, 0.4) is 0 Å². The second-order valence-electron chi connectivity index (χ2n) is 5.18. The molecule has 0 aliphatic rings. The fraction of sp³-hybridized carbons (Fsp3) is 0. The van der Waals surface area contributed by atoms with Crippen molar-refractivity contribution >= 4 is 21.5 Å². The summed E-state index contributed by atoms with van der Waals surface area (Å²) in [5, 5.41) is 31.5. The van der Waals surface area contributed by atoms with Gasteiger partial charge in [-0.3, -0.25) is 0 Å². The van der Waals surface area contributed by atoms with Crippen LogP contribution >= 0.6 is 0 Å². The van der Waals surface area contributed by atoms with Crippen LogP contribution in [-0.4, -0.2) is 15.3 Å². The fourth-order valence-electron chi connectivity index (χ4n) is 2.46. The first kappa shape index (κ1) is 14.7. The summed E-state index contributed by atoms with van der Waals surface area (Å²) >= 11 is 0. The van der Waals surface area contributed by atoms with E-state index in [0.29, 0.717) is 5.75 Å². The van der Waals surface area contributed by atoms with Gasteiger partial charge in [0.15, 0.2) is 0 Å². The molecule has 0 radical (unpaired) electrons. The van der Waals surface area contributed by atoms with Crippen molar-refractivity contribution in [3.05, 3.63) is 78.9 Å². The van der Waals surface area contributed by atoms with Crippen LogP contribution in [0.4, 0.5) is 0 Å². The van der Waals surface area contributed by atoms with Gasteiger partial charge < -0.3 is 15.3 Å². The van der Waals surface area contributed by atoms with E-state index in [1.807, 2.05) is 42.5 Å². The lowest BCUT2D eigenvalue weighted by molar-refractivity contribution is 0.475. The monoisotopic (exact) mass is 304 g/mol. The summed E-state index contributed by atoms with van der Waals surface area (Å²) in [7, 11) is 0. The second kappa shape index (κ2) is 6.28. The van der Waals surface area contributed by atoms with Crippen LogP contribution in [0, 0.1) is 0 Å². The van der Waals surface area contributed by atoms with Gasteiger partial charge in [-0.25, -0.2) is 0 Å². The molecule has 0 amide bonds. The van der Waals surface area contributed by atoms with Gasteiger partial charge in [-0.05, 0) is 41.1 Å². The van der Waals surface area contributed by atoms with E-state index in [4.69, 9.17) is 5.11 Å². The Bertz CT molecular complexity index is 956. The van der Waals surface area contributed by atoms with Gasteiger partial charge in [0, 0.05) is 10.8 Å². The molecule has 0 saturated carbocycles. The Morgan fingerprint density at radius 1 is 0.478 bits per heavy atom. The number of aromatic hydroxyl groups is 3. The standard InChI is InChI=1S/C10H8O2.C10H8O/c11-8-4-5-9-7(6-8)2-1-3-10(9)12;11-10-7-3-5-8-4-1-2-6-9(8)10/h1-6,11-12H;1-7,11H. The van der Waals surface area contributed by atoms with E-state index in [0.717, 1.165) is 21.5 Å². The minimum Gasteiger partial charge on any atom is -0.508 e. The van der Waals surface area contributed by atoms with Gasteiger partial charge in [0.25, 0.3) is 0 Å². The summed E-state index contributed by atoms with van der Waals surface area (Å²) in [6, 6.07) is 23.4. The molecular weight excluding hydrogens is 288 g/mol. The zero-order valence-electron chi connectivity index (χ0n) is 12.3. The molecule has 0 heterocycles. The predicted octanol–water partition coefficient (Wildman–Crippen LogP) is 4.80. The zero-order chi connectivity index (χ0) is 16.2. The third-order valence-corrected chi connectivity index (χ3v) is 3.61. The molecule has 0 fully saturated rings. The quantitative estimate of drug-likeness (QED) is 0.437. The lowest BCUT2D eigenvalue weighted by atomic mass is 10.1. The van der Waals surface area contributed by atoms with Crippen molar-refractivity contribution in [2.24, 2.45) is 0 Å². The van der Waals surface area contributed by atoms with E-state index in [-0.39, 0.29) is 11.5 Å². The third-order valence-electron chi connectivity index (χ3n) is 3.61. The molecule has 0 saturated heterocycles. The van der Waals surface area contributed by atoms with E-state index in [1.54, 1.807) is 36.4 Å². The summed E-state index contributed by atoms with van der Waals surface area (Å²) in [5.41, 5.74) is 0. The largest absolute Gasteiger partial charge is 0.508 e. The van der Waals surface area contributed by atoms with Gasteiger partial charge in [-0.1, -0.05) is 48.5 Å². The molecule has 23 heavy (non-hydrogen) atoms. The van der Waals surface area contributed by atoms with E-state index in [1.165, 1.54) is 0 Å². The number of rotatable bonds is 0. The molecule has 4 aromatic rings. The summed E-state index contributed by atoms with van der Waals surface area (Å²) in [4.78, 5) is 0. The molecule has 4 aromatic carbocycles. The van der Waals surface area contributed by atoms with Crippen LogP contribution in [-0.2, 0) is 0 Å². The molecule has 3 heteroatoms. The zero-order valence-corrected chi connectivity index (χ0v) is 12.3. The fourth-order valence-corrected chi connectivity index (χ4v) is 2.46. The Labute approximate surface area is 133 Å². The molecule has 3 nitrogen and oxygen atoms in total. The van der Waals surface area contributed by atoms with E-state index < -0.39 is 0 Å². The molecule has 0 spiro atoms. The number of hydrogen-bond acceptors (Lipinski definition) is 3. The van der Waals surface area contributed by atoms with Crippen LogP contribution in [0.15, 0.2) is 78.9 Å². The molecule has 4 rings (SSSR count). The number of phenols is 3. The summed E-state index contributed by atoms with van der Waals surface area (Å²) in [6.07, 6.45) is 0. The van der Waals surface area contributed by atoms with Gasteiger partial charge in [0.05, 0.1) is 0 Å². The van der Waals surface area contributed by atoms with Crippen LogP contribution in [0.2, 0.25) is 0 Å². The Balaban J connectivity index is 0.000000136. The highest BCUT2D eigenvalue weighted by Gasteiger charge is 1.98. The van der Waals surface area contributed by atoms with Crippen LogP contribution in [0.25, 0.3) is 21.5 Å². The van der Waals surface area contributed by atoms with Crippen molar-refractivity contribution in [1.82, 2.24) is 0 Å². The van der Waals surface area contributed by atoms with E-state index >= 15 is 0 Å². The average Bonchev–Trinajstić information content (AvgIpc) is 2.56. The summed E-state index contributed by atoms with van der Waals surface area (Å²) < 4.78 is 0. The maximum atomic E-state index is 9.38. The van der Waals surface area contributed by atoms with E-state index in [9.17, 15) is 10.2 Å². The van der Waals surface area contributed by atoms with Crippen LogP contribution in [0.5, 0.6) is 17.2 Å². The maximum absolute atomic E-state index is 9.38. The van der Waals surface area contributed by atoms with Crippen molar-refractivity contribution < 1.29 is 15.3 Å². The van der Waals surface area contributed by atoms with E-state index in [2.05, 4.69) is 0 Å². The molecule has 0 aromatic heterocycles. The van der Waals surface area contributed by atoms with Crippen molar-refractivity contribution in [1.29, 1.82) is 0 Å². The number of benzene rings is 4. The minimum atomic E-state index is 0.216. The normalized spacial score (nSPS) is 10.3. The Hall–Kier alpha value is -3.20. The lowest BCUT2D eigenvalue weighted by Gasteiger charge is -1.99. The molecular formula is C20H16O3. The Morgan fingerprint density at radius 3 is 1.74 bits per heavy atom. The SMILES string of the molecule is Oc1ccc2c(O)cccc2c1.Oc1cccc2ccccc12. The number of hydrogen-bond donors (Lipinski definition) is 3. The first-order valence-electron chi connectivity index (χ1n) is 7.22. The first-order valence-corrected chi connectivity index (χ1v) is 7.22. The molecule has 0 aliphatic carbocycles. The highest BCUT2D eigenvalue weighted by atomic mass is 16.3. The molecule has 0 unspecified atom stereocenters. The molecule has 0 bridgehead atoms. The maximum Gasteiger partial charge on any atom is 0.123 e. The number of phenolic OH excluding ortho intramolecular Hbond substituents is 3. The Morgan fingerprint density at radius 2 is 1.04 bits per heavy atom. The van der Waals surface area contributed by atoms with Crippen LogP contribution in [0.1, 0.15) is 0 Å². The minimum absolute atomic E-state index is 0.216. The number of fused-ring (bicyclic) bond motifs is 2. The lowest BCUT2D eigenvalue weighted by Crippen LogP contribution is -1.72. The third kappa shape index (κ3) is 3.19. The molecule has 3 N–H and O–H groups in total. The van der Waals surface area contributed by atoms with Crippen LogP contribution < -0.4 is 0 Å². The molecule has 114 valence electrons. The van der Waals surface area contributed by atoms with Crippen molar-refractivity contribution in [2.75, 3.05) is 0 Å². The summed E-state index contributed by atoms with van der Waals surface area (Å²) in [5.74, 6) is 0.809. The smallest absolute Gasteiger partial charge is 0.123 e. The topological polar surface area (TPSA) is 60.7 Å². The van der Waals surface area contributed by atoms with Gasteiger partial charge >= 0.3 is 0 Å². The second-order valence-corrected chi connectivity index (χ2v) is 5.18. The van der Waals surface area contributed by atoms with Gasteiger partial charge in [0.1, 0.15) is 17.2 Å². The Kier molecular flexibility index (Phi) is 4.02. The predicted molar refractivity (Wildman–Crippen MR) is 92.9 cm³/mol. The molecule has 0 aliphatic heterocycles. The first-order chi connectivity index (χ1) is 11.1. The van der Waals surface area contributed by atoms with Gasteiger partial charge in [0.2, 0.25) is 0 Å². The summed E-state index contributed by atoms with van der Waals surface area (Å²) in [6.45, 7) is 0. The van der Waals surface area contributed by atoms with Crippen molar-refractivity contribution in [3.63, 3.8) is 0 Å². The van der Waals surface area contributed by atoms with Crippen molar-refractivity contribution in [3.8, 4) is 17.2 Å².